The maximum atomic E-state index is 12.0. The van der Waals surface area contributed by atoms with Crippen LogP contribution < -0.4 is 9.64 Å². The van der Waals surface area contributed by atoms with Crippen LogP contribution >= 0.6 is 0 Å². The number of esters is 2. The average Bonchev–Trinajstić information content (AvgIpc) is 2.78. The van der Waals surface area contributed by atoms with Gasteiger partial charge in [-0.2, -0.15) is 0 Å². The molecule has 8 nitrogen and oxygen atoms in total. The van der Waals surface area contributed by atoms with Crippen LogP contribution in [0.2, 0.25) is 0 Å². The van der Waals surface area contributed by atoms with E-state index < -0.39 is 17.9 Å². The highest BCUT2D eigenvalue weighted by molar-refractivity contribution is 6.31. The molecule has 1 aliphatic heterocycles. The Hall–Kier alpha value is -3.39. The minimum atomic E-state index is -1.80. The molecule has 0 saturated carbocycles. The molecule has 1 heterocycles. The normalized spacial score (nSPS) is 14.3. The number of anilines is 1. The minimum absolute atomic E-state index is 0.118. The maximum absolute atomic E-state index is 12.0. The molecule has 2 aromatic rings. The van der Waals surface area contributed by atoms with Crippen LogP contribution in [0.15, 0.2) is 48.5 Å². The van der Waals surface area contributed by atoms with Crippen LogP contribution in [0, 0.1) is 0 Å². The van der Waals surface area contributed by atoms with Crippen molar-refractivity contribution < 1.29 is 29.0 Å². The number of hydrogen-bond acceptors (Lipinski definition) is 7. The first-order valence-corrected chi connectivity index (χ1v) is 10.6. The molecular weight excluding hydrogens is 412 g/mol. The number of carboxylic acids is 1. The van der Waals surface area contributed by atoms with E-state index in [-0.39, 0.29) is 11.7 Å². The maximum Gasteiger partial charge on any atom is 0.425 e. The van der Waals surface area contributed by atoms with Crippen LogP contribution in [-0.2, 0) is 20.7 Å². The third-order valence-electron chi connectivity index (χ3n) is 5.18. The predicted octanol–water partition coefficient (Wildman–Crippen LogP) is 2.61. The molecule has 0 spiro atoms. The molecule has 0 radical (unpaired) electrons. The molecule has 1 fully saturated rings. The Balaban J connectivity index is 1.52. The number of aliphatic carboxylic acids is 1. The Morgan fingerprint density at radius 1 is 1.00 bits per heavy atom. The minimum Gasteiger partial charge on any atom is -0.489 e. The van der Waals surface area contributed by atoms with Crippen molar-refractivity contribution >= 4 is 23.6 Å². The first kappa shape index (κ1) is 23.3. The first-order valence-electron chi connectivity index (χ1n) is 10.6. The molecule has 1 saturated heterocycles. The Bertz CT molecular complexity index is 966. The van der Waals surface area contributed by atoms with E-state index in [0.717, 1.165) is 56.1 Å². The summed E-state index contributed by atoms with van der Waals surface area (Å²) in [5.74, 6) is -3.44. The number of rotatable bonds is 7. The Morgan fingerprint density at radius 2 is 1.72 bits per heavy atom. The zero-order valence-electron chi connectivity index (χ0n) is 18.3. The van der Waals surface area contributed by atoms with E-state index in [9.17, 15) is 14.4 Å². The fraction of sp³-hybridized carbons (Fsp3) is 0.375. The van der Waals surface area contributed by atoms with Crippen molar-refractivity contribution in [2.75, 3.05) is 37.6 Å². The summed E-state index contributed by atoms with van der Waals surface area (Å²) in [5, 5.41) is 8.56. The SMILES string of the molecule is CC(C)Oc1ccccc1N1CCN(CCc2cccc(C(=O)OC(=O)C(=O)O)c2)CC1. The van der Waals surface area contributed by atoms with E-state index in [1.807, 2.05) is 38.1 Å². The lowest BCUT2D eigenvalue weighted by molar-refractivity contribution is -0.160. The van der Waals surface area contributed by atoms with Crippen LogP contribution in [0.25, 0.3) is 0 Å². The summed E-state index contributed by atoms with van der Waals surface area (Å²) in [7, 11) is 0. The third kappa shape index (κ3) is 6.31. The van der Waals surface area contributed by atoms with Crippen molar-refractivity contribution in [2.24, 2.45) is 0 Å². The molecule has 0 bridgehead atoms. The van der Waals surface area contributed by atoms with E-state index in [1.165, 1.54) is 6.07 Å². The standard InChI is InChI=1S/C24H28N2O6/c1-17(2)31-21-9-4-3-8-20(21)26-14-12-25(13-15-26)11-10-18-6-5-7-19(16-18)23(29)32-24(30)22(27)28/h3-9,16-17H,10-15H2,1-2H3,(H,27,28). The lowest BCUT2D eigenvalue weighted by Gasteiger charge is -2.37. The summed E-state index contributed by atoms with van der Waals surface area (Å²) in [5.41, 5.74) is 2.19. The summed E-state index contributed by atoms with van der Waals surface area (Å²) in [6.07, 6.45) is 0.842. The number of nitrogens with zero attached hydrogens (tertiary/aromatic N) is 2. The van der Waals surface area contributed by atoms with Gasteiger partial charge in [0.1, 0.15) is 5.75 Å². The van der Waals surface area contributed by atoms with Crippen LogP contribution in [-0.4, -0.2) is 66.7 Å². The number of carboxylic acid groups (broad SMARTS) is 1. The number of para-hydroxylation sites is 2. The highest BCUT2D eigenvalue weighted by atomic mass is 16.6. The second kappa shape index (κ2) is 10.8. The number of carbonyl (C=O) groups is 3. The molecule has 0 aromatic heterocycles. The monoisotopic (exact) mass is 440 g/mol. The quantitative estimate of drug-likeness (QED) is 0.399. The summed E-state index contributed by atoms with van der Waals surface area (Å²) < 4.78 is 10.3. The fourth-order valence-electron chi connectivity index (χ4n) is 3.61. The highest BCUT2D eigenvalue weighted by Gasteiger charge is 2.21. The van der Waals surface area contributed by atoms with E-state index in [1.54, 1.807) is 12.1 Å². The molecule has 1 N–H and O–H groups in total. The number of hydrogen-bond donors (Lipinski definition) is 1. The lowest BCUT2D eigenvalue weighted by Crippen LogP contribution is -2.47. The number of piperazine rings is 1. The van der Waals surface area contributed by atoms with Crippen LogP contribution in [0.4, 0.5) is 5.69 Å². The zero-order chi connectivity index (χ0) is 23.1. The largest absolute Gasteiger partial charge is 0.489 e. The molecule has 0 atom stereocenters. The molecule has 32 heavy (non-hydrogen) atoms. The van der Waals surface area contributed by atoms with E-state index in [0.29, 0.717) is 0 Å². The van der Waals surface area contributed by atoms with Gasteiger partial charge in [-0.3, -0.25) is 4.90 Å². The molecule has 0 amide bonds. The van der Waals surface area contributed by atoms with Gasteiger partial charge in [-0.25, -0.2) is 14.4 Å². The van der Waals surface area contributed by atoms with Crippen molar-refractivity contribution in [3.63, 3.8) is 0 Å². The average molecular weight is 440 g/mol. The van der Waals surface area contributed by atoms with Gasteiger partial charge in [0.25, 0.3) is 0 Å². The summed E-state index contributed by atoms with van der Waals surface area (Å²) in [6.45, 7) is 8.46. The van der Waals surface area contributed by atoms with Gasteiger partial charge < -0.3 is 19.5 Å². The highest BCUT2D eigenvalue weighted by Crippen LogP contribution is 2.29. The summed E-state index contributed by atoms with van der Waals surface area (Å²) in [6, 6.07) is 14.8. The van der Waals surface area contributed by atoms with Gasteiger partial charge in [-0.1, -0.05) is 24.3 Å². The van der Waals surface area contributed by atoms with Crippen molar-refractivity contribution in [1.29, 1.82) is 0 Å². The molecule has 2 aromatic carbocycles. The van der Waals surface area contributed by atoms with E-state index in [2.05, 4.69) is 20.6 Å². The number of carbonyl (C=O) groups excluding carboxylic acids is 2. The second-order valence-electron chi connectivity index (χ2n) is 7.90. The van der Waals surface area contributed by atoms with Gasteiger partial charge in [-0.15, -0.1) is 0 Å². The van der Waals surface area contributed by atoms with Crippen molar-refractivity contribution in [2.45, 2.75) is 26.4 Å². The molecule has 0 unspecified atom stereocenters. The predicted molar refractivity (Wildman–Crippen MR) is 119 cm³/mol. The second-order valence-corrected chi connectivity index (χ2v) is 7.90. The molecule has 3 rings (SSSR count). The van der Waals surface area contributed by atoms with Gasteiger partial charge in [0.2, 0.25) is 0 Å². The molecule has 170 valence electrons. The first-order chi connectivity index (χ1) is 15.3. The topological polar surface area (TPSA) is 96.4 Å². The Morgan fingerprint density at radius 3 is 2.41 bits per heavy atom. The Kier molecular flexibility index (Phi) is 7.83. The van der Waals surface area contributed by atoms with Crippen LogP contribution in [0.1, 0.15) is 29.8 Å². The molecular formula is C24H28N2O6. The zero-order valence-corrected chi connectivity index (χ0v) is 18.3. The van der Waals surface area contributed by atoms with Crippen molar-refractivity contribution in [3.05, 3.63) is 59.7 Å². The molecule has 8 heteroatoms. The van der Waals surface area contributed by atoms with Gasteiger partial charge in [-0.05, 0) is 50.1 Å². The molecule has 1 aliphatic rings. The summed E-state index contributed by atoms with van der Waals surface area (Å²) in [4.78, 5) is 38.3. The van der Waals surface area contributed by atoms with Crippen molar-refractivity contribution in [1.82, 2.24) is 4.90 Å². The lowest BCUT2D eigenvalue weighted by atomic mass is 10.1. The number of benzene rings is 2. The van der Waals surface area contributed by atoms with Gasteiger partial charge in [0.15, 0.2) is 0 Å². The smallest absolute Gasteiger partial charge is 0.425 e. The summed E-state index contributed by atoms with van der Waals surface area (Å²) >= 11 is 0. The van der Waals surface area contributed by atoms with Gasteiger partial charge >= 0.3 is 17.9 Å². The third-order valence-corrected chi connectivity index (χ3v) is 5.18. The Labute approximate surface area is 187 Å². The van der Waals surface area contributed by atoms with Crippen LogP contribution in [0.5, 0.6) is 5.75 Å². The molecule has 0 aliphatic carbocycles. The van der Waals surface area contributed by atoms with E-state index >= 15 is 0 Å². The van der Waals surface area contributed by atoms with E-state index in [4.69, 9.17) is 9.84 Å². The van der Waals surface area contributed by atoms with Gasteiger partial charge in [0, 0.05) is 32.7 Å². The van der Waals surface area contributed by atoms with Crippen molar-refractivity contribution in [3.8, 4) is 5.75 Å². The fourth-order valence-corrected chi connectivity index (χ4v) is 3.61. The number of ether oxygens (including phenoxy) is 2. The van der Waals surface area contributed by atoms with Gasteiger partial charge in [0.05, 0.1) is 17.4 Å². The van der Waals surface area contributed by atoms with Crippen LogP contribution in [0.3, 0.4) is 0 Å².